The van der Waals surface area contributed by atoms with E-state index in [4.69, 9.17) is 11.5 Å². The minimum absolute atomic E-state index is 0.0122. The van der Waals surface area contributed by atoms with Crippen LogP contribution in [0.2, 0.25) is 0 Å². The van der Waals surface area contributed by atoms with Gasteiger partial charge < -0.3 is 16.8 Å². The number of amides is 1. The molecule has 7 heteroatoms. The molecule has 1 aliphatic rings. The number of rotatable bonds is 4. The van der Waals surface area contributed by atoms with Gasteiger partial charge in [-0.2, -0.15) is 0 Å². The van der Waals surface area contributed by atoms with E-state index >= 15 is 0 Å². The Kier molecular flexibility index (Phi) is 3.66. The molecular weight excluding hydrogens is 248 g/mol. The Morgan fingerprint density at radius 3 is 2.68 bits per heavy atom. The lowest BCUT2D eigenvalue weighted by Gasteiger charge is -2.18. The van der Waals surface area contributed by atoms with Gasteiger partial charge in [0.1, 0.15) is 5.69 Å². The van der Waals surface area contributed by atoms with Gasteiger partial charge in [-0.3, -0.25) is 14.9 Å². The first-order chi connectivity index (χ1) is 8.99. The molecule has 1 amide bonds. The van der Waals surface area contributed by atoms with Crippen molar-refractivity contribution in [1.82, 2.24) is 0 Å². The molecule has 0 aliphatic heterocycles. The van der Waals surface area contributed by atoms with E-state index in [9.17, 15) is 14.9 Å². The van der Waals surface area contributed by atoms with E-state index < -0.39 is 10.8 Å². The summed E-state index contributed by atoms with van der Waals surface area (Å²) < 4.78 is 0. The fraction of sp³-hybridized carbons (Fsp3) is 0.417. The first-order valence-electron chi connectivity index (χ1n) is 6.09. The van der Waals surface area contributed by atoms with E-state index in [0.29, 0.717) is 5.69 Å². The third-order valence-corrected chi connectivity index (χ3v) is 3.39. The van der Waals surface area contributed by atoms with E-state index in [0.717, 1.165) is 19.3 Å². The summed E-state index contributed by atoms with van der Waals surface area (Å²) in [5, 5.41) is 14.0. The van der Waals surface area contributed by atoms with Crippen molar-refractivity contribution in [1.29, 1.82) is 0 Å². The summed E-state index contributed by atoms with van der Waals surface area (Å²) in [5.41, 5.74) is 11.6. The van der Waals surface area contributed by atoms with Crippen molar-refractivity contribution in [3.63, 3.8) is 0 Å². The van der Waals surface area contributed by atoms with Crippen LogP contribution in [0.1, 0.15) is 29.6 Å². The Labute approximate surface area is 110 Å². The summed E-state index contributed by atoms with van der Waals surface area (Å²) in [7, 11) is 0. The van der Waals surface area contributed by atoms with Crippen LogP contribution in [-0.2, 0) is 0 Å². The summed E-state index contributed by atoms with van der Waals surface area (Å²) in [6, 6.07) is 3.99. The van der Waals surface area contributed by atoms with E-state index in [1.807, 2.05) is 0 Å². The number of nitrogens with two attached hydrogens (primary N) is 2. The van der Waals surface area contributed by atoms with Gasteiger partial charge in [0, 0.05) is 23.7 Å². The maximum absolute atomic E-state index is 11.1. The number of primary amides is 1. The molecule has 0 bridgehead atoms. The summed E-state index contributed by atoms with van der Waals surface area (Å²) in [4.78, 5) is 21.6. The van der Waals surface area contributed by atoms with Gasteiger partial charge in [0.2, 0.25) is 5.91 Å². The highest BCUT2D eigenvalue weighted by atomic mass is 16.6. The molecule has 0 radical (unpaired) electrons. The highest BCUT2D eigenvalue weighted by Gasteiger charge is 2.26. The summed E-state index contributed by atoms with van der Waals surface area (Å²) in [5.74, 6) is -0.617. The molecule has 19 heavy (non-hydrogen) atoms. The van der Waals surface area contributed by atoms with Crippen LogP contribution in [0.3, 0.4) is 0 Å². The summed E-state index contributed by atoms with van der Waals surface area (Å²) in [6.45, 7) is 0. The van der Waals surface area contributed by atoms with Gasteiger partial charge in [-0.25, -0.2) is 0 Å². The third-order valence-electron chi connectivity index (χ3n) is 3.39. The Hall–Kier alpha value is -2.15. The molecule has 1 aromatic rings. The van der Waals surface area contributed by atoms with Gasteiger partial charge in [-0.1, -0.05) is 0 Å². The number of hydrogen-bond acceptors (Lipinski definition) is 5. The highest BCUT2D eigenvalue weighted by molar-refractivity contribution is 5.94. The molecule has 0 saturated heterocycles. The minimum atomic E-state index is -0.617. The lowest BCUT2D eigenvalue weighted by atomic mass is 10.1. The summed E-state index contributed by atoms with van der Waals surface area (Å²) in [6.07, 6.45) is 2.74. The average molecular weight is 264 g/mol. The number of nitrogens with one attached hydrogen (secondary N) is 1. The molecule has 1 aliphatic carbocycles. The Balaban J connectivity index is 2.32. The lowest BCUT2D eigenvalue weighted by Crippen LogP contribution is -2.35. The first-order valence-corrected chi connectivity index (χ1v) is 6.09. The molecule has 2 atom stereocenters. The van der Waals surface area contributed by atoms with Gasteiger partial charge >= 0.3 is 0 Å². The number of benzene rings is 1. The molecule has 0 spiro atoms. The van der Waals surface area contributed by atoms with Crippen molar-refractivity contribution < 1.29 is 9.72 Å². The van der Waals surface area contributed by atoms with Crippen molar-refractivity contribution in [2.75, 3.05) is 5.32 Å². The molecule has 1 fully saturated rings. The molecule has 2 unspecified atom stereocenters. The predicted molar refractivity (Wildman–Crippen MR) is 70.9 cm³/mol. The fourth-order valence-electron chi connectivity index (χ4n) is 2.33. The number of carbonyl (C=O) groups is 1. The van der Waals surface area contributed by atoms with Crippen LogP contribution in [0.5, 0.6) is 0 Å². The quantitative estimate of drug-likeness (QED) is 0.552. The van der Waals surface area contributed by atoms with Crippen LogP contribution in [-0.4, -0.2) is 22.9 Å². The zero-order valence-electron chi connectivity index (χ0n) is 10.3. The molecular formula is C12H16N4O3. The second-order valence-electron chi connectivity index (χ2n) is 4.70. The standard InChI is InChI=1S/C12H16N4O3/c13-8-2-1-3-9(8)15-10-6-7(12(14)17)4-5-11(10)16(18)19/h4-6,8-9,15H,1-3,13H2,(H2,14,17). The maximum Gasteiger partial charge on any atom is 0.292 e. The smallest absolute Gasteiger partial charge is 0.292 e. The Morgan fingerprint density at radius 1 is 1.42 bits per heavy atom. The van der Waals surface area contributed by atoms with Gasteiger partial charge in [0.15, 0.2) is 0 Å². The second-order valence-corrected chi connectivity index (χ2v) is 4.70. The SMILES string of the molecule is NC(=O)c1ccc([N+](=O)[O-])c(NC2CCCC2N)c1. The van der Waals surface area contributed by atoms with Crippen molar-refractivity contribution in [3.05, 3.63) is 33.9 Å². The minimum Gasteiger partial charge on any atom is -0.375 e. The van der Waals surface area contributed by atoms with Gasteiger partial charge in [0.05, 0.1) is 4.92 Å². The number of nitrogens with zero attached hydrogens (tertiary/aromatic N) is 1. The zero-order chi connectivity index (χ0) is 14.0. The van der Waals surface area contributed by atoms with Crippen LogP contribution in [0.25, 0.3) is 0 Å². The molecule has 1 aromatic carbocycles. The zero-order valence-corrected chi connectivity index (χ0v) is 10.3. The largest absolute Gasteiger partial charge is 0.375 e. The van der Waals surface area contributed by atoms with E-state index in [1.165, 1.54) is 18.2 Å². The Bertz CT molecular complexity index is 518. The van der Waals surface area contributed by atoms with E-state index in [-0.39, 0.29) is 23.3 Å². The van der Waals surface area contributed by atoms with E-state index in [2.05, 4.69) is 5.32 Å². The fourth-order valence-corrected chi connectivity index (χ4v) is 2.33. The third kappa shape index (κ3) is 2.82. The Morgan fingerprint density at radius 2 is 2.16 bits per heavy atom. The van der Waals surface area contributed by atoms with Crippen molar-refractivity contribution in [3.8, 4) is 0 Å². The first kappa shape index (κ1) is 13.3. The number of anilines is 1. The van der Waals surface area contributed by atoms with Crippen molar-refractivity contribution >= 4 is 17.3 Å². The van der Waals surface area contributed by atoms with Gasteiger partial charge in [-0.15, -0.1) is 0 Å². The topological polar surface area (TPSA) is 124 Å². The van der Waals surface area contributed by atoms with Crippen LogP contribution < -0.4 is 16.8 Å². The number of nitro groups is 1. The van der Waals surface area contributed by atoms with Gasteiger partial charge in [0.25, 0.3) is 5.69 Å². The molecule has 1 saturated carbocycles. The van der Waals surface area contributed by atoms with Crippen molar-refractivity contribution in [2.24, 2.45) is 11.5 Å². The normalized spacial score (nSPS) is 22.2. The average Bonchev–Trinajstić information content (AvgIpc) is 2.74. The maximum atomic E-state index is 11.1. The number of carbonyl (C=O) groups excluding carboxylic acids is 1. The van der Waals surface area contributed by atoms with Crippen LogP contribution >= 0.6 is 0 Å². The van der Waals surface area contributed by atoms with E-state index in [1.54, 1.807) is 0 Å². The molecule has 0 aromatic heterocycles. The molecule has 102 valence electrons. The molecule has 2 rings (SSSR count). The number of nitro benzene ring substituents is 1. The predicted octanol–water partition coefficient (Wildman–Crippen LogP) is 0.985. The lowest BCUT2D eigenvalue weighted by molar-refractivity contribution is -0.384. The molecule has 7 nitrogen and oxygen atoms in total. The highest BCUT2D eigenvalue weighted by Crippen LogP contribution is 2.29. The summed E-state index contributed by atoms with van der Waals surface area (Å²) >= 11 is 0. The number of hydrogen-bond donors (Lipinski definition) is 3. The monoisotopic (exact) mass is 264 g/mol. The van der Waals surface area contributed by atoms with Crippen LogP contribution in [0.15, 0.2) is 18.2 Å². The molecule has 5 N–H and O–H groups in total. The van der Waals surface area contributed by atoms with Crippen molar-refractivity contribution in [2.45, 2.75) is 31.3 Å². The van der Waals surface area contributed by atoms with Gasteiger partial charge in [-0.05, 0) is 31.4 Å². The van der Waals surface area contributed by atoms with Crippen LogP contribution in [0.4, 0.5) is 11.4 Å². The second kappa shape index (κ2) is 5.23. The van der Waals surface area contributed by atoms with Crippen LogP contribution in [0, 0.1) is 10.1 Å². The molecule has 0 heterocycles.